The molecule has 0 aliphatic carbocycles. The lowest BCUT2D eigenvalue weighted by atomic mass is 9.74. The first-order chi connectivity index (χ1) is 21.1. The quantitative estimate of drug-likeness (QED) is 0.361. The van der Waals surface area contributed by atoms with Gasteiger partial charge in [-0.25, -0.2) is 0 Å². The summed E-state index contributed by atoms with van der Waals surface area (Å²) in [6.45, 7) is 7.75. The summed E-state index contributed by atoms with van der Waals surface area (Å²) in [5, 5.41) is 13.5. The van der Waals surface area contributed by atoms with Crippen molar-refractivity contribution in [1.29, 1.82) is 0 Å². The molecule has 4 aliphatic rings. The molecule has 5 rings (SSSR count). The van der Waals surface area contributed by atoms with Gasteiger partial charge in [-0.3, -0.25) is 19.2 Å². The van der Waals surface area contributed by atoms with Crippen LogP contribution in [0, 0.1) is 17.8 Å². The molecule has 2 saturated heterocycles. The van der Waals surface area contributed by atoms with Crippen LogP contribution in [0.15, 0.2) is 54.6 Å². The van der Waals surface area contributed by atoms with Crippen molar-refractivity contribution in [3.05, 3.63) is 60.2 Å². The monoisotopic (exact) mass is 607 g/mol. The summed E-state index contributed by atoms with van der Waals surface area (Å²) in [4.78, 5) is 59.3. The Balaban J connectivity index is 1.60. The summed E-state index contributed by atoms with van der Waals surface area (Å²) in [5.41, 5.74) is -0.589. The van der Waals surface area contributed by atoms with Gasteiger partial charge in [0.15, 0.2) is 0 Å². The Morgan fingerprint density at radius 2 is 1.82 bits per heavy atom. The molecule has 10 heteroatoms. The molecule has 2 fully saturated rings. The third-order valence-electron chi connectivity index (χ3n) is 9.60. The van der Waals surface area contributed by atoms with Gasteiger partial charge in [0.25, 0.3) is 0 Å². The van der Waals surface area contributed by atoms with Gasteiger partial charge in [0, 0.05) is 19.0 Å². The van der Waals surface area contributed by atoms with E-state index in [4.69, 9.17) is 9.47 Å². The summed E-state index contributed by atoms with van der Waals surface area (Å²) in [7, 11) is 0. The molecule has 8 atom stereocenters. The van der Waals surface area contributed by atoms with E-state index in [1.807, 2.05) is 63.3 Å². The van der Waals surface area contributed by atoms with Crippen LogP contribution >= 0.6 is 0 Å². The number of hydrogen-bond donors (Lipinski definition) is 2. The number of rotatable bonds is 7. The van der Waals surface area contributed by atoms with Crippen LogP contribution < -0.4 is 5.32 Å². The number of nitrogens with zero attached hydrogens (tertiary/aromatic N) is 2. The lowest BCUT2D eigenvalue weighted by Gasteiger charge is -2.41. The second-order valence-corrected chi connectivity index (χ2v) is 12.7. The maximum Gasteiger partial charge on any atom is 0.306 e. The highest BCUT2D eigenvalue weighted by Crippen LogP contribution is 2.56. The van der Waals surface area contributed by atoms with Gasteiger partial charge in [-0.1, -0.05) is 81.8 Å². The maximum atomic E-state index is 14.7. The number of carbonyl (C=O) groups is 4. The largest absolute Gasteiger partial charge is 0.463 e. The fourth-order valence-corrected chi connectivity index (χ4v) is 7.31. The van der Waals surface area contributed by atoms with Crippen molar-refractivity contribution in [3.63, 3.8) is 0 Å². The topological polar surface area (TPSA) is 125 Å². The van der Waals surface area contributed by atoms with Crippen LogP contribution in [0.2, 0.25) is 0 Å². The Kier molecular flexibility index (Phi) is 9.60. The zero-order chi connectivity index (χ0) is 31.6. The Bertz CT molecular complexity index is 1300. The van der Waals surface area contributed by atoms with Crippen molar-refractivity contribution in [3.8, 4) is 0 Å². The lowest BCUT2D eigenvalue weighted by Crippen LogP contribution is -2.60. The number of aliphatic hydroxyl groups excluding tert-OH is 1. The zero-order valence-corrected chi connectivity index (χ0v) is 26.1. The average Bonchev–Trinajstić information content (AvgIpc) is 3.64. The highest BCUT2D eigenvalue weighted by Gasteiger charge is 2.74. The Hall–Kier alpha value is -3.50. The number of ether oxygens (including phenoxy) is 2. The van der Waals surface area contributed by atoms with Crippen molar-refractivity contribution in [2.24, 2.45) is 17.8 Å². The van der Waals surface area contributed by atoms with Crippen LogP contribution in [-0.4, -0.2) is 88.2 Å². The first-order valence-electron chi connectivity index (χ1n) is 15.9. The van der Waals surface area contributed by atoms with E-state index in [0.29, 0.717) is 6.42 Å². The fourth-order valence-electron chi connectivity index (χ4n) is 7.31. The molecule has 0 radical (unpaired) electrons. The predicted octanol–water partition coefficient (Wildman–Crippen LogP) is 2.92. The third-order valence-corrected chi connectivity index (χ3v) is 9.60. The van der Waals surface area contributed by atoms with Gasteiger partial charge in [-0.15, -0.1) is 0 Å². The summed E-state index contributed by atoms with van der Waals surface area (Å²) in [5.74, 6) is -3.45. The van der Waals surface area contributed by atoms with Crippen molar-refractivity contribution < 1.29 is 33.8 Å². The summed E-state index contributed by atoms with van der Waals surface area (Å²) < 4.78 is 12.2. The van der Waals surface area contributed by atoms with E-state index in [9.17, 15) is 24.3 Å². The zero-order valence-electron chi connectivity index (χ0n) is 26.1. The minimum Gasteiger partial charge on any atom is -0.463 e. The molecular formula is C34H45N3O7. The molecule has 1 unspecified atom stereocenters. The van der Waals surface area contributed by atoms with E-state index >= 15 is 0 Å². The number of allylic oxidation sites excluding steroid dienone is 1. The second kappa shape index (κ2) is 13.2. The number of fused-ring (bicyclic) bond motifs is 2. The predicted molar refractivity (Wildman–Crippen MR) is 163 cm³/mol. The SMILES string of the molecule is CCCC(C)N1C/C=C\CCC(=O)OC[C@H](c2ccccc2)NC(=O)[C@@H]2[C@H]3C(=O)N([C@@H](CO)C(C)C)[C@H](C1=O)[C@]31C=C[C@H]2O1. The van der Waals surface area contributed by atoms with Crippen molar-refractivity contribution in [2.45, 2.75) is 89.3 Å². The molecule has 0 aromatic heterocycles. The number of carbonyl (C=O) groups excluding carboxylic acids is 4. The molecule has 0 saturated carbocycles. The number of likely N-dealkylation sites (tertiary alicyclic amines) is 1. The van der Waals surface area contributed by atoms with Crippen molar-refractivity contribution in [2.75, 3.05) is 19.8 Å². The molecule has 238 valence electrons. The van der Waals surface area contributed by atoms with E-state index in [1.54, 1.807) is 17.1 Å². The highest BCUT2D eigenvalue weighted by atomic mass is 16.5. The normalized spacial score (nSPS) is 32.9. The molecule has 1 aromatic carbocycles. The van der Waals surface area contributed by atoms with Crippen LogP contribution in [0.3, 0.4) is 0 Å². The second-order valence-electron chi connectivity index (χ2n) is 12.7. The van der Waals surface area contributed by atoms with Gasteiger partial charge in [0.2, 0.25) is 17.7 Å². The number of esters is 1. The van der Waals surface area contributed by atoms with Gasteiger partial charge < -0.3 is 29.7 Å². The number of hydrogen-bond acceptors (Lipinski definition) is 7. The van der Waals surface area contributed by atoms with E-state index < -0.39 is 47.6 Å². The fraction of sp³-hybridized carbons (Fsp3) is 0.588. The van der Waals surface area contributed by atoms with Crippen LogP contribution in [-0.2, 0) is 28.7 Å². The van der Waals surface area contributed by atoms with Crippen LogP contribution in [0.1, 0.15) is 65.0 Å². The number of cyclic esters (lactones) is 1. The summed E-state index contributed by atoms with van der Waals surface area (Å²) >= 11 is 0. The van der Waals surface area contributed by atoms with E-state index in [0.717, 1.165) is 18.4 Å². The molecule has 4 heterocycles. The van der Waals surface area contributed by atoms with Crippen LogP contribution in [0.5, 0.6) is 0 Å². The summed E-state index contributed by atoms with van der Waals surface area (Å²) in [6, 6.07) is 6.77. The van der Waals surface area contributed by atoms with E-state index in [-0.39, 0.29) is 55.9 Å². The number of benzene rings is 1. The Morgan fingerprint density at radius 1 is 1.07 bits per heavy atom. The molecule has 1 aromatic rings. The molecule has 2 N–H and O–H groups in total. The molecule has 44 heavy (non-hydrogen) atoms. The first-order valence-corrected chi connectivity index (χ1v) is 15.9. The molecule has 5 bridgehead atoms. The molecule has 1 spiro atoms. The molecule has 3 amide bonds. The van der Waals surface area contributed by atoms with Gasteiger partial charge in [0.1, 0.15) is 18.2 Å². The smallest absolute Gasteiger partial charge is 0.306 e. The van der Waals surface area contributed by atoms with Crippen molar-refractivity contribution >= 4 is 23.7 Å². The van der Waals surface area contributed by atoms with Gasteiger partial charge >= 0.3 is 5.97 Å². The Morgan fingerprint density at radius 3 is 2.50 bits per heavy atom. The van der Waals surface area contributed by atoms with Crippen molar-refractivity contribution in [1.82, 2.24) is 15.1 Å². The number of nitrogens with one attached hydrogen (secondary N) is 1. The minimum atomic E-state index is -1.35. The maximum absolute atomic E-state index is 14.7. The standard InChI is InChI=1S/C34H45N3O7/c1-5-12-22(4)36-18-11-7-10-15-27(39)43-20-24(23-13-8-6-9-14-23)35-31(40)28-26-16-17-34(44-26)29(28)32(41)37(30(34)33(36)42)25(19-38)21(2)3/h6-9,11,13-14,16-17,21-22,24-26,28-30,38H,5,10,12,15,18-20H2,1-4H3,(H,35,40)/b11-7-/t22?,24-,25+,26-,28+,29+,30-,34+/m1/s1. The lowest BCUT2D eigenvalue weighted by molar-refractivity contribution is -0.152. The minimum absolute atomic E-state index is 0.0639. The van der Waals surface area contributed by atoms with Gasteiger partial charge in [0.05, 0.1) is 36.6 Å². The van der Waals surface area contributed by atoms with Crippen LogP contribution in [0.25, 0.3) is 0 Å². The summed E-state index contributed by atoms with van der Waals surface area (Å²) in [6.07, 6.45) is 8.82. The van der Waals surface area contributed by atoms with E-state index in [1.165, 1.54) is 4.90 Å². The average molecular weight is 608 g/mol. The molecule has 4 aliphatic heterocycles. The van der Waals surface area contributed by atoms with E-state index in [2.05, 4.69) is 12.2 Å². The van der Waals surface area contributed by atoms with Crippen LogP contribution in [0.4, 0.5) is 0 Å². The highest BCUT2D eigenvalue weighted by molar-refractivity contribution is 6.00. The Labute approximate surface area is 259 Å². The molecular weight excluding hydrogens is 562 g/mol. The first kappa shape index (κ1) is 31.9. The number of aliphatic hydroxyl groups is 1. The number of amides is 3. The van der Waals surface area contributed by atoms with Gasteiger partial charge in [-0.2, -0.15) is 0 Å². The van der Waals surface area contributed by atoms with Gasteiger partial charge in [-0.05, 0) is 31.2 Å². The molecule has 10 nitrogen and oxygen atoms in total. The third kappa shape index (κ3) is 5.70.